The molecular formula is C33H43ClN3P. The third-order valence-corrected chi connectivity index (χ3v) is 8.48. The van der Waals surface area contributed by atoms with E-state index in [1.165, 1.54) is 22.3 Å². The molecule has 3 unspecified atom stereocenters. The van der Waals surface area contributed by atoms with Crippen molar-refractivity contribution in [2.45, 2.75) is 60.0 Å². The predicted octanol–water partition coefficient (Wildman–Crippen LogP) is 9.06. The molecule has 202 valence electrons. The summed E-state index contributed by atoms with van der Waals surface area (Å²) in [5.74, 6) is 1.17. The SMILES string of the molecule is C#C.C=C(C)CC(C)CC(=C)Nc1ccc2c(c1)PC(C(C)C)C(=C)N2CC.Cc1ccc(C#N)c(Cl)c1. The number of nitrogens with one attached hydrogen (secondary N) is 1. The van der Waals surface area contributed by atoms with E-state index in [2.05, 4.69) is 95.6 Å². The maximum Gasteiger partial charge on any atom is 0.101 e. The number of nitrogens with zero attached hydrogens (tertiary/aromatic N) is 2. The van der Waals surface area contributed by atoms with Gasteiger partial charge in [-0.05, 0) is 86.6 Å². The van der Waals surface area contributed by atoms with E-state index in [4.69, 9.17) is 16.9 Å². The molecule has 2 aromatic carbocycles. The molecule has 38 heavy (non-hydrogen) atoms. The number of fused-ring (bicyclic) bond motifs is 1. The quantitative estimate of drug-likeness (QED) is 0.203. The van der Waals surface area contributed by atoms with Crippen LogP contribution < -0.4 is 15.5 Å². The van der Waals surface area contributed by atoms with Crippen LogP contribution >= 0.6 is 20.2 Å². The Morgan fingerprint density at radius 2 is 1.82 bits per heavy atom. The standard InChI is InChI=1S/C23H35N2P.C8H6ClN.C2H2/c1-9-25-19(8)23(16(4)5)26-22-14-20(10-11-21(22)25)24-18(7)13-17(6)12-15(2)3;1-6-2-3-7(5-10)8(9)4-6;1-2/h10-11,14,16-17,23-24,26H,2,7-9,12-13H2,1,3-6H3;2-4H,1H3;1-2H. The number of rotatable bonds is 8. The van der Waals surface area contributed by atoms with Gasteiger partial charge in [-0.3, -0.25) is 0 Å². The molecule has 0 fully saturated rings. The Kier molecular flexibility index (Phi) is 14.0. The van der Waals surface area contributed by atoms with Crippen LogP contribution in [0.3, 0.4) is 0 Å². The van der Waals surface area contributed by atoms with Gasteiger partial charge in [0.05, 0.1) is 10.6 Å². The third kappa shape index (κ3) is 9.72. The van der Waals surface area contributed by atoms with Gasteiger partial charge in [0.2, 0.25) is 0 Å². The first-order valence-corrected chi connectivity index (χ1v) is 14.4. The van der Waals surface area contributed by atoms with Crippen LogP contribution in [0.15, 0.2) is 73.1 Å². The maximum absolute atomic E-state index is 8.47. The lowest BCUT2D eigenvalue weighted by Crippen LogP contribution is -2.37. The zero-order chi connectivity index (χ0) is 29.0. The van der Waals surface area contributed by atoms with Gasteiger partial charge in [-0.2, -0.15) is 5.26 Å². The van der Waals surface area contributed by atoms with Gasteiger partial charge in [0.1, 0.15) is 6.07 Å². The molecule has 3 rings (SSSR count). The fourth-order valence-corrected chi connectivity index (χ4v) is 6.39. The van der Waals surface area contributed by atoms with Gasteiger partial charge < -0.3 is 10.2 Å². The fourth-order valence-electron chi connectivity index (χ4n) is 4.52. The number of anilines is 2. The summed E-state index contributed by atoms with van der Waals surface area (Å²) in [6.45, 7) is 26.7. The van der Waals surface area contributed by atoms with Crippen LogP contribution in [0.5, 0.6) is 0 Å². The highest BCUT2D eigenvalue weighted by atomic mass is 35.5. The Morgan fingerprint density at radius 3 is 2.34 bits per heavy atom. The topological polar surface area (TPSA) is 39.1 Å². The predicted molar refractivity (Wildman–Crippen MR) is 172 cm³/mol. The van der Waals surface area contributed by atoms with E-state index in [-0.39, 0.29) is 0 Å². The minimum absolute atomic E-state index is 0.530. The number of allylic oxidation sites excluding steroid dienone is 3. The fraction of sp³-hybridized carbons (Fsp3) is 0.364. The van der Waals surface area contributed by atoms with E-state index in [9.17, 15) is 0 Å². The molecular weight excluding hydrogens is 505 g/mol. The van der Waals surface area contributed by atoms with Crippen molar-refractivity contribution < 1.29 is 0 Å². The number of hydrogen-bond acceptors (Lipinski definition) is 3. The molecule has 0 radical (unpaired) electrons. The van der Waals surface area contributed by atoms with E-state index in [1.807, 2.05) is 19.1 Å². The van der Waals surface area contributed by atoms with Crippen LogP contribution in [0, 0.1) is 42.9 Å². The normalized spacial score (nSPS) is 15.2. The average molecular weight is 548 g/mol. The molecule has 2 aromatic rings. The van der Waals surface area contributed by atoms with Gasteiger partial charge in [-0.25, -0.2) is 0 Å². The Morgan fingerprint density at radius 1 is 1.16 bits per heavy atom. The zero-order valence-corrected chi connectivity index (χ0v) is 25.6. The molecule has 0 bridgehead atoms. The summed E-state index contributed by atoms with van der Waals surface area (Å²) >= 11 is 5.71. The third-order valence-electron chi connectivity index (χ3n) is 6.14. The lowest BCUT2D eigenvalue weighted by atomic mass is 9.98. The molecule has 0 spiro atoms. The Bertz CT molecular complexity index is 1190. The smallest absolute Gasteiger partial charge is 0.101 e. The largest absolute Gasteiger partial charge is 0.359 e. The van der Waals surface area contributed by atoms with E-state index in [0.717, 1.165) is 44.9 Å². The van der Waals surface area contributed by atoms with Crippen molar-refractivity contribution in [2.24, 2.45) is 11.8 Å². The van der Waals surface area contributed by atoms with Crippen LogP contribution in [0.25, 0.3) is 0 Å². The number of halogens is 1. The lowest BCUT2D eigenvalue weighted by Gasteiger charge is -2.39. The van der Waals surface area contributed by atoms with Gasteiger partial charge in [-0.1, -0.05) is 65.8 Å². The summed E-state index contributed by atoms with van der Waals surface area (Å²) in [5.41, 5.74) is 8.20. The average Bonchev–Trinajstić information content (AvgIpc) is 2.84. The van der Waals surface area contributed by atoms with Crippen molar-refractivity contribution >= 4 is 36.9 Å². The van der Waals surface area contributed by atoms with Crippen LogP contribution in [-0.2, 0) is 0 Å². The first-order chi connectivity index (χ1) is 18.0. The number of terminal acetylenes is 1. The van der Waals surface area contributed by atoms with Gasteiger partial charge in [-0.15, -0.1) is 19.4 Å². The Balaban J connectivity index is 0.000000501. The lowest BCUT2D eigenvalue weighted by molar-refractivity contribution is 0.574. The summed E-state index contributed by atoms with van der Waals surface area (Å²) in [7, 11) is 0.777. The number of nitriles is 1. The van der Waals surface area contributed by atoms with Crippen LogP contribution in [0.2, 0.25) is 5.02 Å². The van der Waals surface area contributed by atoms with Crippen molar-refractivity contribution in [3.63, 3.8) is 0 Å². The van der Waals surface area contributed by atoms with E-state index < -0.39 is 0 Å². The summed E-state index contributed by atoms with van der Waals surface area (Å²) in [4.78, 5) is 2.38. The first-order valence-electron chi connectivity index (χ1n) is 12.9. The van der Waals surface area contributed by atoms with Crippen molar-refractivity contribution in [1.82, 2.24) is 0 Å². The highest BCUT2D eigenvalue weighted by Gasteiger charge is 2.29. The van der Waals surface area contributed by atoms with Crippen molar-refractivity contribution in [3.8, 4) is 18.9 Å². The van der Waals surface area contributed by atoms with Gasteiger partial charge in [0.25, 0.3) is 0 Å². The van der Waals surface area contributed by atoms with Gasteiger partial charge in [0.15, 0.2) is 0 Å². The summed E-state index contributed by atoms with van der Waals surface area (Å²) in [6, 6.07) is 14.1. The van der Waals surface area contributed by atoms with Crippen LogP contribution in [0.1, 0.15) is 58.6 Å². The van der Waals surface area contributed by atoms with E-state index >= 15 is 0 Å². The second-order valence-electron chi connectivity index (χ2n) is 10.1. The molecule has 0 saturated heterocycles. The second-order valence-corrected chi connectivity index (χ2v) is 12.0. The summed E-state index contributed by atoms with van der Waals surface area (Å²) in [5, 5.41) is 14.0. The first kappa shape index (κ1) is 33.1. The zero-order valence-electron chi connectivity index (χ0n) is 23.9. The molecule has 0 aliphatic carbocycles. The minimum atomic E-state index is 0.530. The Hall–Kier alpha value is -2.97. The van der Waals surface area contributed by atoms with Crippen LogP contribution in [0.4, 0.5) is 11.4 Å². The van der Waals surface area contributed by atoms with Gasteiger partial charge in [0, 0.05) is 35.0 Å². The molecule has 0 amide bonds. The minimum Gasteiger partial charge on any atom is -0.359 e. The number of benzene rings is 2. The van der Waals surface area contributed by atoms with Crippen molar-refractivity contribution in [2.75, 3.05) is 16.8 Å². The summed E-state index contributed by atoms with van der Waals surface area (Å²) in [6.07, 6.45) is 10.0. The molecule has 1 N–H and O–H groups in total. The summed E-state index contributed by atoms with van der Waals surface area (Å²) < 4.78 is 0. The van der Waals surface area contributed by atoms with Crippen LogP contribution in [-0.4, -0.2) is 12.2 Å². The molecule has 1 heterocycles. The molecule has 1 aliphatic rings. The Labute approximate surface area is 238 Å². The molecule has 0 saturated carbocycles. The number of hydrogen-bond donors (Lipinski definition) is 1. The second kappa shape index (κ2) is 16.1. The molecule has 1 aliphatic heterocycles. The van der Waals surface area contributed by atoms with E-state index in [0.29, 0.717) is 28.1 Å². The maximum atomic E-state index is 8.47. The van der Waals surface area contributed by atoms with E-state index in [1.54, 1.807) is 12.1 Å². The molecule has 3 nitrogen and oxygen atoms in total. The molecule has 3 atom stereocenters. The number of aryl methyl sites for hydroxylation is 1. The van der Waals surface area contributed by atoms with Gasteiger partial charge >= 0.3 is 0 Å². The monoisotopic (exact) mass is 547 g/mol. The molecule has 0 aromatic heterocycles. The van der Waals surface area contributed by atoms with Crippen molar-refractivity contribution in [1.29, 1.82) is 5.26 Å². The molecule has 5 heteroatoms. The highest BCUT2D eigenvalue weighted by Crippen LogP contribution is 2.42. The highest BCUT2D eigenvalue weighted by molar-refractivity contribution is 7.49. The van der Waals surface area contributed by atoms with Crippen molar-refractivity contribution in [3.05, 3.63) is 89.3 Å².